The van der Waals surface area contributed by atoms with Crippen LogP contribution in [0.3, 0.4) is 0 Å². The zero-order valence-corrected chi connectivity index (χ0v) is 14.6. The molecule has 0 bridgehead atoms. The number of halogens is 1. The average molecular weight is 378 g/mol. The van der Waals surface area contributed by atoms with Crippen molar-refractivity contribution in [2.45, 2.75) is 0 Å². The van der Waals surface area contributed by atoms with E-state index in [9.17, 15) is 9.59 Å². The Morgan fingerprint density at radius 1 is 1.26 bits per heavy atom. The van der Waals surface area contributed by atoms with E-state index in [1.807, 2.05) is 14.0 Å². The minimum Gasteiger partial charge on any atom is -0.496 e. The fourth-order valence-corrected chi connectivity index (χ4v) is 3.25. The number of H-pyrrole nitrogens is 1. The third-order valence-corrected chi connectivity index (χ3v) is 4.86. The molecule has 1 aromatic heterocycles. The van der Waals surface area contributed by atoms with Gasteiger partial charge in [-0.3, -0.25) is 9.59 Å². The molecule has 1 aromatic carbocycles. The largest absolute Gasteiger partial charge is 0.496 e. The van der Waals surface area contributed by atoms with Crippen molar-refractivity contribution in [2.24, 2.45) is 0 Å². The van der Waals surface area contributed by atoms with Crippen LogP contribution in [0, 0.1) is 0 Å². The maximum atomic E-state index is 12.7. The lowest BCUT2D eigenvalue weighted by atomic mass is 10.1. The second-order valence-corrected chi connectivity index (χ2v) is 6.48. The number of nitrogens with zero attached hydrogens (tertiary/aromatic N) is 2. The molecule has 1 saturated heterocycles. The number of carbonyl (C=O) groups is 2. The molecule has 0 radical (unpaired) electrons. The molecule has 2 aromatic rings. The Kier molecular flexibility index (Phi) is 4.45. The van der Waals surface area contributed by atoms with E-state index in [4.69, 9.17) is 4.74 Å². The molecular weight excluding hydrogens is 361 g/mol. The van der Waals surface area contributed by atoms with Gasteiger partial charge in [0.1, 0.15) is 5.75 Å². The summed E-state index contributed by atoms with van der Waals surface area (Å²) in [5.41, 5.74) is 1.10. The summed E-state index contributed by atoms with van der Waals surface area (Å²) >= 11 is 3.44. The topological polar surface area (TPSA) is 65.6 Å². The van der Waals surface area contributed by atoms with Crippen LogP contribution in [-0.2, 0) is 4.79 Å². The average Bonchev–Trinajstić information content (AvgIpc) is 3.00. The van der Waals surface area contributed by atoms with Gasteiger partial charge in [0, 0.05) is 36.8 Å². The summed E-state index contributed by atoms with van der Waals surface area (Å²) in [6.45, 7) is 2.71. The number of aromatic nitrogens is 1. The van der Waals surface area contributed by atoms with Crippen molar-refractivity contribution in [3.63, 3.8) is 0 Å². The van der Waals surface area contributed by atoms with Gasteiger partial charge in [0.2, 0.25) is 0 Å². The van der Waals surface area contributed by atoms with Gasteiger partial charge in [-0.25, -0.2) is 0 Å². The number of aromatic amines is 1. The summed E-state index contributed by atoms with van der Waals surface area (Å²) in [4.78, 5) is 32.0. The molecule has 0 atom stereocenters. The summed E-state index contributed by atoms with van der Waals surface area (Å²) in [6, 6.07) is 3.62. The number of carbonyl (C=O) groups excluding carboxylic acids is 2. The number of ketones is 1. The lowest BCUT2D eigenvalue weighted by Gasteiger charge is -2.32. The molecule has 8 heteroatoms. The number of hydrogen-bond donors (Lipinski definition) is 1. The molecule has 1 N–H and O–H groups in total. The zero-order chi connectivity index (χ0) is 16.6. The highest BCUT2D eigenvalue weighted by Gasteiger charge is 2.28. The van der Waals surface area contributed by atoms with Gasteiger partial charge in [-0.15, -0.1) is 0 Å². The fourth-order valence-electron chi connectivity index (χ4n) is 2.80. The molecule has 1 fully saturated rings. The fraction of sp³-hybridized carbons (Fsp3) is 0.333. The van der Waals surface area contributed by atoms with Gasteiger partial charge in [-0.2, -0.15) is 0 Å². The van der Waals surface area contributed by atoms with Crippen LogP contribution in [0.25, 0.3) is 10.9 Å². The maximum absolute atomic E-state index is 12.7. The highest BCUT2D eigenvalue weighted by molar-refractivity contribution is 9.10. The van der Waals surface area contributed by atoms with Gasteiger partial charge in [-0.05, 0) is 28.1 Å². The summed E-state index contributed by atoms with van der Waals surface area (Å²) in [6.07, 6.45) is 1.58. The van der Waals surface area contributed by atoms with Crippen LogP contribution in [0.5, 0.6) is 5.75 Å². The number of Topliss-reactive ketones (excluding diaryl/α,β-unsaturated/α-hetero) is 1. The third kappa shape index (κ3) is 2.88. The van der Waals surface area contributed by atoms with Crippen molar-refractivity contribution >= 4 is 46.5 Å². The van der Waals surface area contributed by atoms with Crippen LogP contribution in [0.1, 0.15) is 10.4 Å². The normalized spacial score (nSPS) is 15.8. The molecule has 2 heterocycles. The van der Waals surface area contributed by atoms with Gasteiger partial charge < -0.3 is 19.4 Å². The number of piperazine rings is 1. The SMILES string of the molecule is BN1CCN(C(=O)C(=O)c2c[nH]c3c(Br)ccc(OC)c23)CC1. The van der Waals surface area contributed by atoms with Crippen molar-refractivity contribution < 1.29 is 14.3 Å². The number of methoxy groups -OCH3 is 1. The first kappa shape index (κ1) is 16.1. The van der Waals surface area contributed by atoms with E-state index in [0.29, 0.717) is 29.8 Å². The number of rotatable bonds is 3. The standard InChI is InChI=1S/C15H17BBrN3O3/c1-23-11-3-2-10(17)13-12(11)9(8-18-13)14(21)15(22)19-4-6-20(16)7-5-19/h2-3,8,18H,4-7,16H2,1H3. The van der Waals surface area contributed by atoms with Crippen LogP contribution in [0.4, 0.5) is 0 Å². The number of ether oxygens (including phenoxy) is 1. The van der Waals surface area contributed by atoms with E-state index >= 15 is 0 Å². The van der Waals surface area contributed by atoms with Crippen molar-refractivity contribution in [3.8, 4) is 5.75 Å². The molecule has 23 heavy (non-hydrogen) atoms. The summed E-state index contributed by atoms with van der Waals surface area (Å²) < 4.78 is 6.17. The first-order valence-electron chi connectivity index (χ1n) is 7.38. The van der Waals surface area contributed by atoms with Crippen LogP contribution in [0.2, 0.25) is 0 Å². The van der Waals surface area contributed by atoms with Crippen molar-refractivity contribution in [1.82, 2.24) is 14.7 Å². The molecule has 0 aliphatic carbocycles. The van der Waals surface area contributed by atoms with Gasteiger partial charge in [0.05, 0.1) is 23.6 Å². The molecule has 120 valence electrons. The Morgan fingerprint density at radius 2 is 1.96 bits per heavy atom. The minimum absolute atomic E-state index is 0.349. The Hall–Kier alpha value is -1.80. The quantitative estimate of drug-likeness (QED) is 0.488. The van der Waals surface area contributed by atoms with E-state index in [2.05, 4.69) is 25.7 Å². The predicted octanol–water partition coefficient (Wildman–Crippen LogP) is 0.814. The van der Waals surface area contributed by atoms with Crippen LogP contribution in [-0.4, -0.2) is 67.7 Å². The Bertz CT molecular complexity index is 769. The number of hydrogen-bond acceptors (Lipinski definition) is 4. The molecule has 3 rings (SSSR count). The molecule has 0 spiro atoms. The summed E-state index contributed by atoms with van der Waals surface area (Å²) in [5, 5.41) is 0.634. The number of amides is 1. The highest BCUT2D eigenvalue weighted by Crippen LogP contribution is 2.34. The Morgan fingerprint density at radius 3 is 2.61 bits per heavy atom. The highest BCUT2D eigenvalue weighted by atomic mass is 79.9. The van der Waals surface area contributed by atoms with E-state index in [0.717, 1.165) is 23.1 Å². The second kappa shape index (κ2) is 6.37. The molecule has 0 unspecified atom stereocenters. The van der Waals surface area contributed by atoms with Gasteiger partial charge in [0.15, 0.2) is 7.98 Å². The number of benzene rings is 1. The molecule has 6 nitrogen and oxygen atoms in total. The van der Waals surface area contributed by atoms with Crippen LogP contribution >= 0.6 is 15.9 Å². The van der Waals surface area contributed by atoms with Gasteiger partial charge in [-0.1, -0.05) is 0 Å². The molecule has 1 aliphatic heterocycles. The maximum Gasteiger partial charge on any atom is 0.295 e. The van der Waals surface area contributed by atoms with E-state index in [1.165, 1.54) is 0 Å². The minimum atomic E-state index is -0.503. The number of fused-ring (bicyclic) bond motifs is 1. The number of nitrogens with one attached hydrogen (secondary N) is 1. The summed E-state index contributed by atoms with van der Waals surface area (Å²) in [7, 11) is 3.55. The van der Waals surface area contributed by atoms with E-state index in [-0.39, 0.29) is 0 Å². The van der Waals surface area contributed by atoms with Crippen LogP contribution < -0.4 is 4.74 Å². The zero-order valence-electron chi connectivity index (χ0n) is 13.1. The third-order valence-electron chi connectivity index (χ3n) is 4.20. The van der Waals surface area contributed by atoms with Crippen molar-refractivity contribution in [3.05, 3.63) is 28.4 Å². The van der Waals surface area contributed by atoms with Gasteiger partial charge >= 0.3 is 0 Å². The van der Waals surface area contributed by atoms with Gasteiger partial charge in [0.25, 0.3) is 11.7 Å². The predicted molar refractivity (Wildman–Crippen MR) is 93.6 cm³/mol. The molecular formula is C15H17BBrN3O3. The lowest BCUT2D eigenvalue weighted by molar-refractivity contribution is -0.127. The summed E-state index contributed by atoms with van der Waals surface area (Å²) in [5.74, 6) is -0.391. The molecule has 1 amide bonds. The van der Waals surface area contributed by atoms with Crippen molar-refractivity contribution in [2.75, 3.05) is 33.3 Å². The smallest absolute Gasteiger partial charge is 0.295 e. The lowest BCUT2D eigenvalue weighted by Crippen LogP contribution is -2.49. The molecule has 1 aliphatic rings. The van der Waals surface area contributed by atoms with Crippen LogP contribution in [0.15, 0.2) is 22.8 Å². The van der Waals surface area contributed by atoms with Crippen molar-refractivity contribution in [1.29, 1.82) is 0 Å². The Labute approximate surface area is 143 Å². The van der Waals surface area contributed by atoms with E-state index < -0.39 is 11.7 Å². The van der Waals surface area contributed by atoms with E-state index in [1.54, 1.807) is 24.3 Å². The molecule has 0 saturated carbocycles. The first-order valence-corrected chi connectivity index (χ1v) is 8.18. The second-order valence-electron chi connectivity index (χ2n) is 5.63. The Balaban J connectivity index is 1.95. The monoisotopic (exact) mass is 377 g/mol. The first-order chi connectivity index (χ1) is 11.0.